The molecule has 0 radical (unpaired) electrons. The lowest BCUT2D eigenvalue weighted by atomic mass is 9.49. The van der Waals surface area contributed by atoms with Crippen LogP contribution in [0.4, 0.5) is 0 Å². The van der Waals surface area contributed by atoms with Crippen LogP contribution in [-0.4, -0.2) is 11.2 Å². The van der Waals surface area contributed by atoms with Crippen LogP contribution < -0.4 is 0 Å². The minimum absolute atomic E-state index is 0.188. The summed E-state index contributed by atoms with van der Waals surface area (Å²) in [7, 11) is 0. The van der Waals surface area contributed by atoms with E-state index in [0.717, 1.165) is 6.42 Å². The standard InChI is InChI=1S/C22H34O/c1-15(2)17-7-9-19-18(13-17)8-10-20-21(4,14-16(3)23)11-6-12-22(19,20)5/h7,9,13,15-16,20,23H,6,8,10-12,14H2,1-5H3/t16?,20-,21+,22+/m0/s1. The zero-order chi connectivity index (χ0) is 16.8. The number of hydrogen-bond donors (Lipinski definition) is 1. The largest absolute Gasteiger partial charge is 0.393 e. The van der Waals surface area contributed by atoms with Crippen molar-refractivity contribution in [2.45, 2.75) is 90.6 Å². The van der Waals surface area contributed by atoms with Gasteiger partial charge in [0.1, 0.15) is 0 Å². The second-order valence-corrected chi connectivity index (χ2v) is 9.14. The van der Waals surface area contributed by atoms with E-state index in [-0.39, 0.29) is 11.5 Å². The van der Waals surface area contributed by atoms with Crippen molar-refractivity contribution in [2.75, 3.05) is 0 Å². The minimum Gasteiger partial charge on any atom is -0.393 e. The van der Waals surface area contributed by atoms with Gasteiger partial charge < -0.3 is 5.11 Å². The van der Waals surface area contributed by atoms with Crippen LogP contribution in [0.2, 0.25) is 0 Å². The highest BCUT2D eigenvalue weighted by molar-refractivity contribution is 5.42. The van der Waals surface area contributed by atoms with Crippen molar-refractivity contribution >= 4 is 0 Å². The average Bonchev–Trinajstić information content (AvgIpc) is 2.45. The molecule has 1 unspecified atom stereocenters. The molecule has 1 fully saturated rings. The predicted octanol–water partition coefficient (Wildman–Crippen LogP) is 5.59. The second kappa shape index (κ2) is 5.92. The van der Waals surface area contributed by atoms with Crippen LogP contribution in [0.5, 0.6) is 0 Å². The summed E-state index contributed by atoms with van der Waals surface area (Å²) in [5, 5.41) is 10.0. The van der Waals surface area contributed by atoms with Crippen molar-refractivity contribution in [2.24, 2.45) is 11.3 Å². The number of aliphatic hydroxyl groups excluding tert-OH is 1. The summed E-state index contributed by atoms with van der Waals surface area (Å²) in [5.41, 5.74) is 5.26. The summed E-state index contributed by atoms with van der Waals surface area (Å²) in [4.78, 5) is 0. The first-order chi connectivity index (χ1) is 10.8. The third-order valence-electron chi connectivity index (χ3n) is 6.93. The van der Waals surface area contributed by atoms with Gasteiger partial charge in [-0.25, -0.2) is 0 Å². The van der Waals surface area contributed by atoms with Crippen molar-refractivity contribution in [3.05, 3.63) is 34.9 Å². The van der Waals surface area contributed by atoms with Crippen LogP contribution in [0.25, 0.3) is 0 Å². The zero-order valence-electron chi connectivity index (χ0n) is 15.7. The SMILES string of the molecule is CC(O)C[C@@]1(C)CCC[C@]2(C)c3ccc(C(C)C)cc3CC[C@@H]12. The van der Waals surface area contributed by atoms with E-state index in [1.807, 2.05) is 6.92 Å². The molecule has 0 bridgehead atoms. The molecule has 1 nitrogen and oxygen atoms in total. The summed E-state index contributed by atoms with van der Waals surface area (Å²) in [6.07, 6.45) is 7.14. The Morgan fingerprint density at radius 1 is 1.17 bits per heavy atom. The molecule has 23 heavy (non-hydrogen) atoms. The lowest BCUT2D eigenvalue weighted by Crippen LogP contribution is -2.50. The number of fused-ring (bicyclic) bond motifs is 3. The summed E-state index contributed by atoms with van der Waals surface area (Å²) >= 11 is 0. The van der Waals surface area contributed by atoms with Gasteiger partial charge in [0, 0.05) is 0 Å². The molecule has 1 aromatic carbocycles. The molecule has 0 aliphatic heterocycles. The molecule has 0 amide bonds. The lowest BCUT2D eigenvalue weighted by molar-refractivity contribution is -0.0109. The normalized spacial score (nSPS) is 34.8. The van der Waals surface area contributed by atoms with E-state index in [4.69, 9.17) is 0 Å². The van der Waals surface area contributed by atoms with E-state index in [9.17, 15) is 5.11 Å². The Kier molecular flexibility index (Phi) is 4.38. The predicted molar refractivity (Wildman–Crippen MR) is 97.9 cm³/mol. The summed E-state index contributed by atoms with van der Waals surface area (Å²) in [5.74, 6) is 1.31. The van der Waals surface area contributed by atoms with Crippen LogP contribution in [0.15, 0.2) is 18.2 Å². The quantitative estimate of drug-likeness (QED) is 0.771. The van der Waals surface area contributed by atoms with Crippen LogP contribution >= 0.6 is 0 Å². The molecule has 0 spiro atoms. The van der Waals surface area contributed by atoms with Gasteiger partial charge in [0.05, 0.1) is 6.10 Å². The number of hydrogen-bond acceptors (Lipinski definition) is 1. The van der Waals surface area contributed by atoms with E-state index in [1.165, 1.54) is 37.7 Å². The topological polar surface area (TPSA) is 20.2 Å². The van der Waals surface area contributed by atoms with Crippen LogP contribution in [0.3, 0.4) is 0 Å². The third kappa shape index (κ3) is 2.86. The first-order valence-corrected chi connectivity index (χ1v) is 9.58. The lowest BCUT2D eigenvalue weighted by Gasteiger charge is -2.56. The Labute approximate surface area is 142 Å². The van der Waals surface area contributed by atoms with Gasteiger partial charge in [0.2, 0.25) is 0 Å². The maximum atomic E-state index is 10.0. The molecule has 1 N–H and O–H groups in total. The highest BCUT2D eigenvalue weighted by Crippen LogP contribution is 2.58. The van der Waals surface area contributed by atoms with Gasteiger partial charge in [0.15, 0.2) is 0 Å². The molecule has 1 aromatic rings. The van der Waals surface area contributed by atoms with Crippen molar-refractivity contribution < 1.29 is 5.11 Å². The zero-order valence-corrected chi connectivity index (χ0v) is 15.7. The fourth-order valence-electron chi connectivity index (χ4n) is 5.92. The maximum absolute atomic E-state index is 10.0. The van der Waals surface area contributed by atoms with Crippen molar-refractivity contribution in [1.29, 1.82) is 0 Å². The van der Waals surface area contributed by atoms with Crippen molar-refractivity contribution in [3.63, 3.8) is 0 Å². The van der Waals surface area contributed by atoms with Crippen molar-refractivity contribution in [1.82, 2.24) is 0 Å². The fourth-order valence-corrected chi connectivity index (χ4v) is 5.92. The van der Waals surface area contributed by atoms with Crippen LogP contribution in [0.1, 0.15) is 89.3 Å². The van der Waals surface area contributed by atoms with Gasteiger partial charge in [0.25, 0.3) is 0 Å². The molecule has 0 saturated heterocycles. The average molecular weight is 315 g/mol. The van der Waals surface area contributed by atoms with E-state index in [0.29, 0.717) is 17.3 Å². The highest BCUT2D eigenvalue weighted by Gasteiger charge is 2.51. The van der Waals surface area contributed by atoms with Gasteiger partial charge in [-0.1, -0.05) is 52.3 Å². The van der Waals surface area contributed by atoms with Gasteiger partial charge in [-0.3, -0.25) is 0 Å². The molecule has 0 heterocycles. The molecular weight excluding hydrogens is 280 g/mol. The Balaban J connectivity index is 2.00. The molecule has 1 heteroatoms. The van der Waals surface area contributed by atoms with E-state index in [1.54, 1.807) is 11.1 Å². The van der Waals surface area contributed by atoms with Crippen LogP contribution in [0, 0.1) is 11.3 Å². The van der Waals surface area contributed by atoms with E-state index in [2.05, 4.69) is 45.9 Å². The molecule has 2 aliphatic rings. The minimum atomic E-state index is -0.188. The summed E-state index contributed by atoms with van der Waals surface area (Å²) < 4.78 is 0. The maximum Gasteiger partial charge on any atom is 0.0517 e. The monoisotopic (exact) mass is 314 g/mol. The van der Waals surface area contributed by atoms with Gasteiger partial charge >= 0.3 is 0 Å². The van der Waals surface area contributed by atoms with E-state index < -0.39 is 0 Å². The van der Waals surface area contributed by atoms with E-state index >= 15 is 0 Å². The molecule has 3 rings (SSSR count). The Hall–Kier alpha value is -0.820. The third-order valence-corrected chi connectivity index (χ3v) is 6.93. The number of benzene rings is 1. The molecule has 128 valence electrons. The molecule has 1 saturated carbocycles. The Morgan fingerprint density at radius 3 is 2.57 bits per heavy atom. The Bertz CT molecular complexity index is 573. The first-order valence-electron chi connectivity index (χ1n) is 9.58. The van der Waals surface area contributed by atoms with Crippen LogP contribution in [-0.2, 0) is 11.8 Å². The highest BCUT2D eigenvalue weighted by atomic mass is 16.3. The Morgan fingerprint density at radius 2 is 1.91 bits per heavy atom. The molecule has 4 atom stereocenters. The molecular formula is C22H34O. The van der Waals surface area contributed by atoms with Gasteiger partial charge in [-0.05, 0) is 78.4 Å². The van der Waals surface area contributed by atoms with Crippen molar-refractivity contribution in [3.8, 4) is 0 Å². The van der Waals surface area contributed by atoms with Gasteiger partial charge in [-0.15, -0.1) is 0 Å². The van der Waals surface area contributed by atoms with Gasteiger partial charge in [-0.2, -0.15) is 0 Å². The summed E-state index contributed by atoms with van der Waals surface area (Å²) in [6, 6.07) is 7.27. The fraction of sp³-hybridized carbons (Fsp3) is 0.727. The molecule has 2 aliphatic carbocycles. The second-order valence-electron chi connectivity index (χ2n) is 9.14. The smallest absolute Gasteiger partial charge is 0.0517 e. The number of aliphatic hydroxyl groups is 1. The first kappa shape index (κ1) is 17.0. The number of rotatable bonds is 3. The molecule has 0 aromatic heterocycles. The summed E-state index contributed by atoms with van der Waals surface area (Å²) in [6.45, 7) is 11.5. The number of aryl methyl sites for hydroxylation is 1.